The zero-order valence-corrected chi connectivity index (χ0v) is 15.0. The number of para-hydroxylation sites is 1. The van der Waals surface area contributed by atoms with Gasteiger partial charge < -0.3 is 4.90 Å². The molecule has 3 rings (SSSR count). The van der Waals surface area contributed by atoms with E-state index in [-0.39, 0.29) is 18.1 Å². The lowest BCUT2D eigenvalue weighted by atomic mass is 10.1. The lowest BCUT2D eigenvalue weighted by Gasteiger charge is -2.15. The van der Waals surface area contributed by atoms with E-state index in [1.807, 2.05) is 30.3 Å². The summed E-state index contributed by atoms with van der Waals surface area (Å²) in [5.41, 5.74) is 2.00. The van der Waals surface area contributed by atoms with Gasteiger partial charge in [0, 0.05) is 30.5 Å². The summed E-state index contributed by atoms with van der Waals surface area (Å²) in [4.78, 5) is 29.1. The lowest BCUT2D eigenvalue weighted by molar-refractivity contribution is -0.385. The van der Waals surface area contributed by atoms with E-state index in [1.165, 1.54) is 22.3 Å². The van der Waals surface area contributed by atoms with Crippen LogP contribution in [0.5, 0.6) is 0 Å². The third kappa shape index (κ3) is 4.12. The highest BCUT2D eigenvalue weighted by molar-refractivity contribution is 7.09. The summed E-state index contributed by atoms with van der Waals surface area (Å²) in [6, 6.07) is 16.4. The number of carbonyl (C=O) groups excluding carboxylic acids is 1. The molecule has 132 valence electrons. The molecule has 0 aliphatic carbocycles. The van der Waals surface area contributed by atoms with E-state index in [0.717, 1.165) is 10.6 Å². The first-order valence-electron chi connectivity index (χ1n) is 8.00. The van der Waals surface area contributed by atoms with Gasteiger partial charge >= 0.3 is 0 Å². The van der Waals surface area contributed by atoms with Crippen molar-refractivity contribution in [2.24, 2.45) is 0 Å². The molecule has 0 atom stereocenters. The first-order valence-corrected chi connectivity index (χ1v) is 8.88. The second-order valence-electron chi connectivity index (χ2n) is 5.84. The zero-order valence-electron chi connectivity index (χ0n) is 14.2. The van der Waals surface area contributed by atoms with Crippen LogP contribution in [0.15, 0.2) is 60.0 Å². The van der Waals surface area contributed by atoms with Gasteiger partial charge in [-0.3, -0.25) is 14.9 Å². The smallest absolute Gasteiger partial charge is 0.274 e. The van der Waals surface area contributed by atoms with Crippen molar-refractivity contribution < 1.29 is 9.72 Å². The fourth-order valence-electron chi connectivity index (χ4n) is 2.61. The van der Waals surface area contributed by atoms with Crippen molar-refractivity contribution in [1.82, 2.24) is 9.88 Å². The van der Waals surface area contributed by atoms with E-state index in [9.17, 15) is 14.9 Å². The molecule has 3 aromatic rings. The molecule has 7 heteroatoms. The summed E-state index contributed by atoms with van der Waals surface area (Å²) in [6.07, 6.45) is 0.673. The van der Waals surface area contributed by atoms with Gasteiger partial charge in [-0.05, 0) is 5.56 Å². The van der Waals surface area contributed by atoms with Crippen LogP contribution in [-0.4, -0.2) is 27.8 Å². The maximum absolute atomic E-state index is 12.6. The monoisotopic (exact) mass is 367 g/mol. The summed E-state index contributed by atoms with van der Waals surface area (Å²) in [7, 11) is 1.62. The maximum atomic E-state index is 12.6. The van der Waals surface area contributed by atoms with Crippen LogP contribution in [0.25, 0.3) is 0 Å². The Balaban J connectivity index is 1.70. The first kappa shape index (κ1) is 17.8. The third-order valence-electron chi connectivity index (χ3n) is 3.91. The number of nitro benzene ring substituents is 1. The van der Waals surface area contributed by atoms with Gasteiger partial charge in [-0.15, -0.1) is 11.3 Å². The molecule has 1 aromatic heterocycles. The van der Waals surface area contributed by atoms with Crippen LogP contribution in [0.3, 0.4) is 0 Å². The Morgan fingerprint density at radius 2 is 1.85 bits per heavy atom. The van der Waals surface area contributed by atoms with E-state index in [4.69, 9.17) is 0 Å². The van der Waals surface area contributed by atoms with Gasteiger partial charge in [0.1, 0.15) is 5.69 Å². The van der Waals surface area contributed by atoms with E-state index >= 15 is 0 Å². The normalized spacial score (nSPS) is 10.5. The van der Waals surface area contributed by atoms with Crippen molar-refractivity contribution in [3.8, 4) is 0 Å². The molecule has 1 amide bonds. The van der Waals surface area contributed by atoms with Crippen molar-refractivity contribution in [3.05, 3.63) is 91.9 Å². The summed E-state index contributed by atoms with van der Waals surface area (Å²) in [5.74, 6) is -0.251. The van der Waals surface area contributed by atoms with Crippen LogP contribution in [0.4, 0.5) is 5.69 Å². The number of hydrogen-bond donors (Lipinski definition) is 0. The van der Waals surface area contributed by atoms with Crippen molar-refractivity contribution in [2.45, 2.75) is 13.0 Å². The summed E-state index contributed by atoms with van der Waals surface area (Å²) in [6.45, 7) is 0.154. The number of carbonyl (C=O) groups is 1. The molecule has 0 aliphatic rings. The molecule has 2 aromatic carbocycles. The van der Waals surface area contributed by atoms with Gasteiger partial charge in [-0.25, -0.2) is 4.98 Å². The van der Waals surface area contributed by atoms with Crippen LogP contribution < -0.4 is 0 Å². The largest absolute Gasteiger partial charge is 0.336 e. The average Bonchev–Trinajstić information content (AvgIpc) is 3.10. The van der Waals surface area contributed by atoms with Gasteiger partial charge in [0.05, 0.1) is 16.5 Å². The maximum Gasteiger partial charge on any atom is 0.274 e. The molecular formula is C19H17N3O3S. The van der Waals surface area contributed by atoms with Crippen molar-refractivity contribution in [3.63, 3.8) is 0 Å². The third-order valence-corrected chi connectivity index (χ3v) is 4.76. The Morgan fingerprint density at radius 3 is 2.58 bits per heavy atom. The van der Waals surface area contributed by atoms with Crippen LogP contribution >= 0.6 is 11.3 Å². The fourth-order valence-corrected chi connectivity index (χ4v) is 3.41. The zero-order chi connectivity index (χ0) is 18.5. The second kappa shape index (κ2) is 7.88. The molecule has 0 fully saturated rings. The number of rotatable bonds is 6. The minimum atomic E-state index is -0.436. The number of hydrogen-bond acceptors (Lipinski definition) is 5. The Kier molecular flexibility index (Phi) is 5.38. The summed E-state index contributed by atoms with van der Waals surface area (Å²) < 4.78 is 0. The van der Waals surface area contributed by atoms with Gasteiger partial charge in [0.15, 0.2) is 0 Å². The molecule has 0 bridgehead atoms. The van der Waals surface area contributed by atoms with Crippen LogP contribution in [0.1, 0.15) is 26.6 Å². The Labute approximate surface area is 154 Å². The number of nitro groups is 1. The predicted octanol–water partition coefficient (Wildman–Crippen LogP) is 3.91. The molecule has 0 N–H and O–H groups in total. The Morgan fingerprint density at radius 1 is 1.15 bits per heavy atom. The lowest BCUT2D eigenvalue weighted by Crippen LogP contribution is -2.26. The molecule has 0 radical (unpaired) electrons. The highest BCUT2D eigenvalue weighted by Gasteiger charge is 2.19. The van der Waals surface area contributed by atoms with Crippen LogP contribution in [-0.2, 0) is 13.0 Å². The van der Waals surface area contributed by atoms with E-state index in [2.05, 4.69) is 4.98 Å². The molecule has 0 spiro atoms. The number of thiazole rings is 1. The van der Waals surface area contributed by atoms with Crippen LogP contribution in [0.2, 0.25) is 0 Å². The van der Waals surface area contributed by atoms with Gasteiger partial charge in [0.25, 0.3) is 11.6 Å². The number of nitrogens with zero attached hydrogens (tertiary/aromatic N) is 3. The van der Waals surface area contributed by atoms with Crippen molar-refractivity contribution >= 4 is 22.9 Å². The van der Waals surface area contributed by atoms with Gasteiger partial charge in [-0.2, -0.15) is 0 Å². The minimum Gasteiger partial charge on any atom is -0.336 e. The fraction of sp³-hybridized carbons (Fsp3) is 0.158. The molecule has 0 unspecified atom stereocenters. The SMILES string of the molecule is CN(Cc1ccccc1[N+](=O)[O-])C(=O)c1csc(Cc2ccccc2)n1. The summed E-state index contributed by atoms with van der Waals surface area (Å²) in [5, 5.41) is 13.7. The molecular weight excluding hydrogens is 350 g/mol. The van der Waals surface area contributed by atoms with Crippen LogP contribution in [0, 0.1) is 10.1 Å². The number of benzene rings is 2. The van der Waals surface area contributed by atoms with E-state index < -0.39 is 4.92 Å². The highest BCUT2D eigenvalue weighted by Crippen LogP contribution is 2.21. The standard InChI is InChI=1S/C19H17N3O3S/c1-21(12-15-9-5-6-10-17(15)22(24)25)19(23)16-13-26-18(20-16)11-14-7-3-2-4-8-14/h2-10,13H,11-12H2,1H3. The van der Waals surface area contributed by atoms with E-state index in [0.29, 0.717) is 17.7 Å². The number of aromatic nitrogens is 1. The molecule has 0 aliphatic heterocycles. The Hall–Kier alpha value is -3.06. The average molecular weight is 367 g/mol. The highest BCUT2D eigenvalue weighted by atomic mass is 32.1. The first-order chi connectivity index (χ1) is 12.5. The quantitative estimate of drug-likeness (QED) is 0.489. The van der Waals surface area contributed by atoms with E-state index in [1.54, 1.807) is 30.6 Å². The van der Waals surface area contributed by atoms with Gasteiger partial charge in [0.2, 0.25) is 0 Å². The molecule has 26 heavy (non-hydrogen) atoms. The molecule has 1 heterocycles. The molecule has 0 saturated carbocycles. The Bertz CT molecular complexity index is 925. The summed E-state index contributed by atoms with van der Waals surface area (Å²) >= 11 is 1.44. The van der Waals surface area contributed by atoms with Gasteiger partial charge in [-0.1, -0.05) is 48.5 Å². The second-order valence-corrected chi connectivity index (χ2v) is 6.78. The topological polar surface area (TPSA) is 76.3 Å². The molecule has 0 saturated heterocycles. The molecule has 6 nitrogen and oxygen atoms in total. The number of amides is 1. The minimum absolute atomic E-state index is 0.00944. The van der Waals surface area contributed by atoms with Crippen molar-refractivity contribution in [2.75, 3.05) is 7.05 Å². The predicted molar refractivity (Wildman–Crippen MR) is 100 cm³/mol. The van der Waals surface area contributed by atoms with Crippen molar-refractivity contribution in [1.29, 1.82) is 0 Å².